The van der Waals surface area contributed by atoms with E-state index < -0.39 is 29.0 Å². The Kier molecular flexibility index (Phi) is 5.58. The van der Waals surface area contributed by atoms with Crippen molar-refractivity contribution in [1.82, 2.24) is 9.97 Å². The number of aryl methyl sites for hydroxylation is 2. The summed E-state index contributed by atoms with van der Waals surface area (Å²) in [6.45, 7) is 3.62. The summed E-state index contributed by atoms with van der Waals surface area (Å²) in [5, 5.41) is 5.33. The first-order valence-electron chi connectivity index (χ1n) is 8.54. The predicted molar refractivity (Wildman–Crippen MR) is 100 cm³/mol. The molecule has 0 radical (unpaired) electrons. The highest BCUT2D eigenvalue weighted by molar-refractivity contribution is 6.03. The standard InChI is InChI=1S/C20H17F3N4O/c1-3-12-6-4-5-7-14(12)26-17-10-16(24-11(2)25-17)20(28)27-15-9-8-13(21)18(22)19(15)23/h4-10H,3H2,1-2H3,(H,27,28)(H,24,25,26). The highest BCUT2D eigenvalue weighted by Crippen LogP contribution is 2.22. The van der Waals surface area contributed by atoms with Crippen molar-refractivity contribution in [1.29, 1.82) is 0 Å². The van der Waals surface area contributed by atoms with E-state index in [9.17, 15) is 18.0 Å². The molecule has 0 aliphatic rings. The van der Waals surface area contributed by atoms with Crippen LogP contribution in [0, 0.1) is 24.4 Å². The molecular weight excluding hydrogens is 369 g/mol. The predicted octanol–water partition coefficient (Wildman–Crippen LogP) is 4.76. The van der Waals surface area contributed by atoms with Gasteiger partial charge in [0, 0.05) is 11.8 Å². The maximum absolute atomic E-state index is 13.8. The minimum Gasteiger partial charge on any atom is -0.340 e. The molecule has 0 fully saturated rings. The maximum Gasteiger partial charge on any atom is 0.274 e. The molecule has 0 bridgehead atoms. The van der Waals surface area contributed by atoms with Crippen LogP contribution in [0.1, 0.15) is 28.8 Å². The first-order chi connectivity index (χ1) is 13.4. The summed E-state index contributed by atoms with van der Waals surface area (Å²) in [6, 6.07) is 10.7. The molecule has 3 aromatic rings. The molecular formula is C20H17F3N4O. The van der Waals surface area contributed by atoms with E-state index in [1.165, 1.54) is 6.07 Å². The number of carbonyl (C=O) groups is 1. The van der Waals surface area contributed by atoms with Gasteiger partial charge < -0.3 is 10.6 Å². The molecule has 1 amide bonds. The zero-order valence-electron chi connectivity index (χ0n) is 15.2. The van der Waals surface area contributed by atoms with Crippen LogP contribution in [0.2, 0.25) is 0 Å². The lowest BCUT2D eigenvalue weighted by Gasteiger charge is -2.12. The third-order valence-electron chi connectivity index (χ3n) is 4.01. The number of rotatable bonds is 5. The van der Waals surface area contributed by atoms with Crippen molar-refractivity contribution < 1.29 is 18.0 Å². The van der Waals surface area contributed by atoms with Crippen LogP contribution in [0.15, 0.2) is 42.5 Å². The molecule has 28 heavy (non-hydrogen) atoms. The number of hydrogen-bond acceptors (Lipinski definition) is 4. The molecule has 0 unspecified atom stereocenters. The van der Waals surface area contributed by atoms with Gasteiger partial charge in [0.2, 0.25) is 0 Å². The number of benzene rings is 2. The van der Waals surface area contributed by atoms with E-state index in [-0.39, 0.29) is 5.69 Å². The lowest BCUT2D eigenvalue weighted by atomic mass is 10.1. The number of nitrogens with one attached hydrogen (secondary N) is 2. The number of amides is 1. The minimum absolute atomic E-state index is 0.0480. The Morgan fingerprint density at radius 3 is 2.50 bits per heavy atom. The van der Waals surface area contributed by atoms with Crippen molar-refractivity contribution in [2.24, 2.45) is 0 Å². The number of carbonyl (C=O) groups excluding carboxylic acids is 1. The highest BCUT2D eigenvalue weighted by atomic mass is 19.2. The molecule has 2 aromatic carbocycles. The molecule has 2 N–H and O–H groups in total. The second-order valence-electron chi connectivity index (χ2n) is 6.00. The van der Waals surface area contributed by atoms with Gasteiger partial charge in [-0.25, -0.2) is 23.1 Å². The zero-order chi connectivity index (χ0) is 20.3. The van der Waals surface area contributed by atoms with Crippen LogP contribution in [0.3, 0.4) is 0 Å². The average Bonchev–Trinajstić information content (AvgIpc) is 2.68. The summed E-state index contributed by atoms with van der Waals surface area (Å²) in [5.74, 6) is -4.56. The lowest BCUT2D eigenvalue weighted by molar-refractivity contribution is 0.102. The molecule has 0 aliphatic carbocycles. The third kappa shape index (κ3) is 4.11. The normalized spacial score (nSPS) is 10.6. The van der Waals surface area contributed by atoms with E-state index in [0.717, 1.165) is 29.8 Å². The molecule has 144 valence electrons. The highest BCUT2D eigenvalue weighted by Gasteiger charge is 2.17. The van der Waals surface area contributed by atoms with E-state index in [1.807, 2.05) is 31.2 Å². The molecule has 0 spiro atoms. The van der Waals surface area contributed by atoms with Crippen molar-refractivity contribution in [2.75, 3.05) is 10.6 Å². The Balaban J connectivity index is 1.87. The topological polar surface area (TPSA) is 66.9 Å². The Labute approximate surface area is 159 Å². The first kappa shape index (κ1) is 19.3. The molecule has 5 nitrogen and oxygen atoms in total. The van der Waals surface area contributed by atoms with E-state index in [2.05, 4.69) is 20.6 Å². The fourth-order valence-electron chi connectivity index (χ4n) is 2.65. The summed E-state index contributed by atoms with van der Waals surface area (Å²) in [5.41, 5.74) is 1.37. The number of anilines is 3. The monoisotopic (exact) mass is 386 g/mol. The number of para-hydroxylation sites is 1. The molecule has 1 heterocycles. The van der Waals surface area contributed by atoms with Crippen molar-refractivity contribution >= 4 is 23.1 Å². The van der Waals surface area contributed by atoms with E-state index in [4.69, 9.17) is 0 Å². The molecule has 8 heteroatoms. The Morgan fingerprint density at radius 1 is 1.00 bits per heavy atom. The van der Waals surface area contributed by atoms with Crippen LogP contribution in [0.5, 0.6) is 0 Å². The third-order valence-corrected chi connectivity index (χ3v) is 4.01. The van der Waals surface area contributed by atoms with Crippen molar-refractivity contribution in [3.8, 4) is 0 Å². The summed E-state index contributed by atoms with van der Waals surface area (Å²) >= 11 is 0. The van der Waals surface area contributed by atoms with Crippen LogP contribution >= 0.6 is 0 Å². The largest absolute Gasteiger partial charge is 0.340 e. The lowest BCUT2D eigenvalue weighted by Crippen LogP contribution is -2.17. The Morgan fingerprint density at radius 2 is 1.75 bits per heavy atom. The maximum atomic E-state index is 13.8. The molecule has 0 atom stereocenters. The van der Waals surface area contributed by atoms with Crippen LogP contribution in [-0.4, -0.2) is 15.9 Å². The van der Waals surface area contributed by atoms with Gasteiger partial charge in [0.05, 0.1) is 5.69 Å². The summed E-state index contributed by atoms with van der Waals surface area (Å²) in [7, 11) is 0. The molecule has 0 saturated heterocycles. The van der Waals surface area contributed by atoms with Gasteiger partial charge in [-0.1, -0.05) is 25.1 Å². The van der Waals surface area contributed by atoms with Gasteiger partial charge in [-0.05, 0) is 37.1 Å². The summed E-state index contributed by atoms with van der Waals surface area (Å²) < 4.78 is 40.2. The summed E-state index contributed by atoms with van der Waals surface area (Å²) in [6.07, 6.45) is 0.802. The zero-order valence-corrected chi connectivity index (χ0v) is 15.2. The molecule has 0 saturated carbocycles. The smallest absolute Gasteiger partial charge is 0.274 e. The van der Waals surface area contributed by atoms with Gasteiger partial charge in [-0.15, -0.1) is 0 Å². The van der Waals surface area contributed by atoms with Gasteiger partial charge in [-0.3, -0.25) is 4.79 Å². The van der Waals surface area contributed by atoms with E-state index in [0.29, 0.717) is 11.6 Å². The quantitative estimate of drug-likeness (QED) is 0.621. The Hall–Kier alpha value is -3.42. The van der Waals surface area contributed by atoms with Crippen molar-refractivity contribution in [2.45, 2.75) is 20.3 Å². The second-order valence-corrected chi connectivity index (χ2v) is 6.00. The minimum atomic E-state index is -1.66. The van der Waals surface area contributed by atoms with Gasteiger partial charge in [0.1, 0.15) is 17.3 Å². The van der Waals surface area contributed by atoms with Crippen molar-refractivity contribution in [3.63, 3.8) is 0 Å². The SMILES string of the molecule is CCc1ccccc1Nc1cc(C(=O)Nc2ccc(F)c(F)c2F)nc(C)n1. The van der Waals surface area contributed by atoms with Gasteiger partial charge in [0.15, 0.2) is 17.5 Å². The van der Waals surface area contributed by atoms with Gasteiger partial charge >= 0.3 is 0 Å². The number of aromatic nitrogens is 2. The molecule has 1 aromatic heterocycles. The van der Waals surface area contributed by atoms with Gasteiger partial charge in [0.25, 0.3) is 5.91 Å². The van der Waals surface area contributed by atoms with Crippen LogP contribution < -0.4 is 10.6 Å². The van der Waals surface area contributed by atoms with Gasteiger partial charge in [-0.2, -0.15) is 0 Å². The number of hydrogen-bond donors (Lipinski definition) is 2. The fourth-order valence-corrected chi connectivity index (χ4v) is 2.65. The van der Waals surface area contributed by atoms with E-state index >= 15 is 0 Å². The number of halogens is 3. The average molecular weight is 386 g/mol. The summed E-state index contributed by atoms with van der Waals surface area (Å²) in [4.78, 5) is 20.7. The fraction of sp³-hybridized carbons (Fsp3) is 0.150. The second kappa shape index (κ2) is 8.08. The molecule has 0 aliphatic heterocycles. The number of nitrogens with zero attached hydrogens (tertiary/aromatic N) is 2. The van der Waals surface area contributed by atoms with Crippen LogP contribution in [-0.2, 0) is 6.42 Å². The molecule has 3 rings (SSSR count). The van der Waals surface area contributed by atoms with Crippen LogP contribution in [0.25, 0.3) is 0 Å². The first-order valence-corrected chi connectivity index (χ1v) is 8.54. The Bertz CT molecular complexity index is 1040. The van der Waals surface area contributed by atoms with Crippen molar-refractivity contribution in [3.05, 3.63) is 77.0 Å². The van der Waals surface area contributed by atoms with Crippen LogP contribution in [0.4, 0.5) is 30.4 Å². The van der Waals surface area contributed by atoms with E-state index in [1.54, 1.807) is 6.92 Å².